The van der Waals surface area contributed by atoms with Gasteiger partial charge in [0.25, 0.3) is 5.56 Å². The second kappa shape index (κ2) is 6.77. The molecule has 1 heterocycles. The van der Waals surface area contributed by atoms with E-state index in [1.807, 2.05) is 32.9 Å². The summed E-state index contributed by atoms with van der Waals surface area (Å²) in [4.78, 5) is 26.9. The van der Waals surface area contributed by atoms with Crippen molar-refractivity contribution in [1.29, 1.82) is 0 Å². The number of amides is 1. The number of carbonyl (C=O) groups is 1. The van der Waals surface area contributed by atoms with Crippen molar-refractivity contribution < 1.29 is 4.79 Å². The Labute approximate surface area is 130 Å². The Hall–Kier alpha value is -2.10. The fourth-order valence-corrected chi connectivity index (χ4v) is 2.40. The molecule has 2 aromatic rings. The number of aromatic amines is 1. The molecule has 0 aliphatic heterocycles. The summed E-state index contributed by atoms with van der Waals surface area (Å²) in [6.45, 7) is 8.09. The van der Waals surface area contributed by atoms with Gasteiger partial charge in [-0.1, -0.05) is 6.92 Å². The Morgan fingerprint density at radius 1 is 1.23 bits per heavy atom. The molecule has 1 aromatic carbocycles. The van der Waals surface area contributed by atoms with Crippen molar-refractivity contribution in [2.75, 3.05) is 0 Å². The van der Waals surface area contributed by atoms with Crippen molar-refractivity contribution in [3.63, 3.8) is 0 Å². The van der Waals surface area contributed by atoms with E-state index in [2.05, 4.69) is 23.3 Å². The first kappa shape index (κ1) is 16.3. The molecule has 0 aliphatic carbocycles. The minimum Gasteiger partial charge on any atom is -0.354 e. The van der Waals surface area contributed by atoms with Crippen molar-refractivity contribution in [3.05, 3.63) is 45.2 Å². The SMILES string of the molecule is CCC(C)NC(=O)CCc1cc2cc(C)c(C)cc2[nH]c1=O. The van der Waals surface area contributed by atoms with Gasteiger partial charge in [0.1, 0.15) is 0 Å². The van der Waals surface area contributed by atoms with Crippen LogP contribution in [0.5, 0.6) is 0 Å². The first-order valence-electron chi connectivity index (χ1n) is 7.83. The molecule has 0 saturated heterocycles. The zero-order valence-corrected chi connectivity index (χ0v) is 13.7. The predicted octanol–water partition coefficient (Wildman–Crippen LogP) is 2.99. The number of pyridine rings is 1. The Kier molecular flexibility index (Phi) is 5.01. The molecule has 0 fully saturated rings. The standard InChI is InChI=1S/C18H24N2O2/c1-5-13(4)19-17(21)7-6-14-10-15-8-11(2)12(3)9-16(15)20-18(14)22/h8-10,13H,5-7H2,1-4H3,(H,19,21)(H,20,22). The molecule has 1 aromatic heterocycles. The summed E-state index contributed by atoms with van der Waals surface area (Å²) in [5.41, 5.74) is 3.76. The van der Waals surface area contributed by atoms with Crippen LogP contribution >= 0.6 is 0 Å². The van der Waals surface area contributed by atoms with Gasteiger partial charge in [0.15, 0.2) is 0 Å². The van der Waals surface area contributed by atoms with Gasteiger partial charge >= 0.3 is 0 Å². The maximum absolute atomic E-state index is 12.1. The zero-order valence-electron chi connectivity index (χ0n) is 13.7. The summed E-state index contributed by atoms with van der Waals surface area (Å²) in [6.07, 6.45) is 1.70. The molecule has 22 heavy (non-hydrogen) atoms. The fraction of sp³-hybridized carbons (Fsp3) is 0.444. The average Bonchev–Trinajstić information content (AvgIpc) is 2.47. The Morgan fingerprint density at radius 2 is 1.91 bits per heavy atom. The number of aryl methyl sites for hydroxylation is 3. The van der Waals surface area contributed by atoms with E-state index >= 15 is 0 Å². The first-order valence-corrected chi connectivity index (χ1v) is 7.83. The minimum atomic E-state index is -0.105. The molecular formula is C18H24N2O2. The molecule has 4 heteroatoms. The van der Waals surface area contributed by atoms with Crippen LogP contribution in [0.1, 0.15) is 43.4 Å². The third kappa shape index (κ3) is 3.75. The van der Waals surface area contributed by atoms with Crippen LogP contribution in [0.15, 0.2) is 23.0 Å². The Morgan fingerprint density at radius 3 is 2.59 bits per heavy atom. The maximum atomic E-state index is 12.1. The first-order chi connectivity index (χ1) is 10.4. The van der Waals surface area contributed by atoms with E-state index in [9.17, 15) is 9.59 Å². The number of fused-ring (bicyclic) bond motifs is 1. The van der Waals surface area contributed by atoms with E-state index in [-0.39, 0.29) is 17.5 Å². The van der Waals surface area contributed by atoms with Gasteiger partial charge in [-0.25, -0.2) is 0 Å². The lowest BCUT2D eigenvalue weighted by atomic mass is 10.0. The van der Waals surface area contributed by atoms with E-state index in [0.717, 1.165) is 22.9 Å². The van der Waals surface area contributed by atoms with Gasteiger partial charge in [-0.05, 0) is 68.3 Å². The van der Waals surface area contributed by atoms with Crippen LogP contribution in [0.2, 0.25) is 0 Å². The molecule has 2 N–H and O–H groups in total. The summed E-state index contributed by atoms with van der Waals surface area (Å²) in [5.74, 6) is -0.00562. The maximum Gasteiger partial charge on any atom is 0.251 e. The second-order valence-electron chi connectivity index (χ2n) is 6.02. The number of aromatic nitrogens is 1. The molecule has 1 amide bonds. The van der Waals surface area contributed by atoms with Gasteiger partial charge in [0.05, 0.1) is 0 Å². The smallest absolute Gasteiger partial charge is 0.251 e. The monoisotopic (exact) mass is 300 g/mol. The van der Waals surface area contributed by atoms with Gasteiger partial charge in [0, 0.05) is 23.5 Å². The lowest BCUT2D eigenvalue weighted by Crippen LogP contribution is -2.32. The predicted molar refractivity (Wildman–Crippen MR) is 90.3 cm³/mol. The summed E-state index contributed by atoms with van der Waals surface area (Å²) >= 11 is 0. The molecule has 0 bridgehead atoms. The summed E-state index contributed by atoms with van der Waals surface area (Å²) in [5, 5.41) is 3.94. The summed E-state index contributed by atoms with van der Waals surface area (Å²) in [6, 6.07) is 6.14. The van der Waals surface area contributed by atoms with Crippen LogP contribution in [0.4, 0.5) is 0 Å². The van der Waals surface area contributed by atoms with E-state index in [4.69, 9.17) is 0 Å². The third-order valence-corrected chi connectivity index (χ3v) is 4.18. The van der Waals surface area contributed by atoms with Crippen LogP contribution in [0.3, 0.4) is 0 Å². The van der Waals surface area contributed by atoms with E-state index in [1.54, 1.807) is 0 Å². The van der Waals surface area contributed by atoms with E-state index < -0.39 is 0 Å². The van der Waals surface area contributed by atoms with Crippen LogP contribution in [-0.2, 0) is 11.2 Å². The molecule has 0 radical (unpaired) electrons. The van der Waals surface area contributed by atoms with Crippen molar-refractivity contribution in [2.24, 2.45) is 0 Å². The number of hydrogen-bond acceptors (Lipinski definition) is 2. The number of H-pyrrole nitrogens is 1. The molecule has 1 unspecified atom stereocenters. The topological polar surface area (TPSA) is 62.0 Å². The lowest BCUT2D eigenvalue weighted by molar-refractivity contribution is -0.121. The number of hydrogen-bond donors (Lipinski definition) is 2. The van der Waals surface area contributed by atoms with Crippen molar-refractivity contribution >= 4 is 16.8 Å². The quantitative estimate of drug-likeness (QED) is 0.891. The molecule has 2 rings (SSSR count). The highest BCUT2D eigenvalue weighted by atomic mass is 16.1. The highest BCUT2D eigenvalue weighted by molar-refractivity contribution is 5.81. The van der Waals surface area contributed by atoms with Crippen LogP contribution < -0.4 is 10.9 Å². The van der Waals surface area contributed by atoms with Crippen molar-refractivity contribution in [1.82, 2.24) is 10.3 Å². The van der Waals surface area contributed by atoms with Gasteiger partial charge in [-0.15, -0.1) is 0 Å². The molecule has 0 saturated carbocycles. The fourth-order valence-electron chi connectivity index (χ4n) is 2.40. The summed E-state index contributed by atoms with van der Waals surface area (Å²) < 4.78 is 0. The van der Waals surface area contributed by atoms with E-state index in [0.29, 0.717) is 18.4 Å². The Balaban J connectivity index is 2.18. The average molecular weight is 300 g/mol. The number of carbonyl (C=O) groups excluding carboxylic acids is 1. The molecule has 1 atom stereocenters. The number of rotatable bonds is 5. The summed E-state index contributed by atoms with van der Waals surface area (Å²) in [7, 11) is 0. The van der Waals surface area contributed by atoms with Gasteiger partial charge in [-0.3, -0.25) is 9.59 Å². The molecule has 0 spiro atoms. The van der Waals surface area contributed by atoms with Crippen LogP contribution in [-0.4, -0.2) is 16.9 Å². The van der Waals surface area contributed by atoms with E-state index in [1.165, 1.54) is 5.56 Å². The molecule has 4 nitrogen and oxygen atoms in total. The minimum absolute atomic E-state index is 0.00562. The Bertz CT molecular complexity index is 747. The van der Waals surface area contributed by atoms with Crippen molar-refractivity contribution in [2.45, 2.75) is 53.0 Å². The molecular weight excluding hydrogens is 276 g/mol. The number of benzene rings is 1. The second-order valence-corrected chi connectivity index (χ2v) is 6.02. The van der Waals surface area contributed by atoms with Gasteiger partial charge < -0.3 is 10.3 Å². The third-order valence-electron chi connectivity index (χ3n) is 4.18. The van der Waals surface area contributed by atoms with Crippen LogP contribution in [0, 0.1) is 13.8 Å². The largest absolute Gasteiger partial charge is 0.354 e. The van der Waals surface area contributed by atoms with Crippen LogP contribution in [0.25, 0.3) is 10.9 Å². The highest BCUT2D eigenvalue weighted by Crippen LogP contribution is 2.17. The zero-order chi connectivity index (χ0) is 16.3. The number of nitrogens with one attached hydrogen (secondary N) is 2. The highest BCUT2D eigenvalue weighted by Gasteiger charge is 2.09. The van der Waals surface area contributed by atoms with Gasteiger partial charge in [0.2, 0.25) is 5.91 Å². The normalized spacial score (nSPS) is 12.4. The molecule has 118 valence electrons. The lowest BCUT2D eigenvalue weighted by Gasteiger charge is -2.11. The van der Waals surface area contributed by atoms with Gasteiger partial charge in [-0.2, -0.15) is 0 Å². The molecule has 0 aliphatic rings. The van der Waals surface area contributed by atoms with Crippen molar-refractivity contribution in [3.8, 4) is 0 Å².